The molecule has 146 valence electrons. The van der Waals surface area contributed by atoms with Crippen LogP contribution in [0.4, 0.5) is 5.82 Å². The van der Waals surface area contributed by atoms with Crippen molar-refractivity contribution in [3.05, 3.63) is 59.8 Å². The van der Waals surface area contributed by atoms with Crippen molar-refractivity contribution >= 4 is 5.82 Å². The fraction of sp³-hybridized carbons (Fsp3) is 0.333. The van der Waals surface area contributed by atoms with E-state index in [2.05, 4.69) is 18.8 Å². The first-order chi connectivity index (χ1) is 13.6. The number of nitrogens with one attached hydrogen (secondary N) is 1. The van der Waals surface area contributed by atoms with Gasteiger partial charge in [-0.25, -0.2) is 4.57 Å². The Bertz CT molecular complexity index is 968. The second-order valence-corrected chi connectivity index (χ2v) is 7.02. The Labute approximate surface area is 164 Å². The first kappa shape index (κ1) is 18.3. The Morgan fingerprint density at radius 1 is 1.25 bits per heavy atom. The van der Waals surface area contributed by atoms with E-state index in [0.717, 1.165) is 43.1 Å². The maximum absolute atomic E-state index is 9.87. The van der Waals surface area contributed by atoms with E-state index in [1.54, 1.807) is 24.7 Å². The molecule has 3 heterocycles. The van der Waals surface area contributed by atoms with Crippen LogP contribution in [0.3, 0.4) is 0 Å². The van der Waals surface area contributed by atoms with E-state index >= 15 is 0 Å². The standard InChI is InChI=1S/C21H24N4O3/c1-3-24(4-2)9-10-25-13-23-21-19(20(25)22)18(16-6-5-11-27-16)15-8-7-14(26)12-17(15)28-21/h5-8,11-13,18,22,26H,3-4,9-10H2,1-2H3/p+2/t18-/m0/s1. The Balaban J connectivity index is 1.79. The molecule has 1 atom stereocenters. The molecule has 0 radical (unpaired) electrons. The van der Waals surface area contributed by atoms with E-state index in [1.807, 2.05) is 22.8 Å². The Morgan fingerprint density at radius 2 is 2.07 bits per heavy atom. The molecule has 0 unspecified atom stereocenters. The number of anilines is 1. The second-order valence-electron chi connectivity index (χ2n) is 7.02. The lowest BCUT2D eigenvalue weighted by Gasteiger charge is -2.25. The molecule has 1 aromatic carbocycles. The third-order valence-electron chi connectivity index (χ3n) is 5.47. The van der Waals surface area contributed by atoms with Gasteiger partial charge in [0.2, 0.25) is 12.1 Å². The van der Waals surface area contributed by atoms with Crippen LogP contribution in [0, 0.1) is 0 Å². The number of furan rings is 1. The number of benzene rings is 1. The van der Waals surface area contributed by atoms with Gasteiger partial charge in [-0.05, 0) is 32.0 Å². The van der Waals surface area contributed by atoms with Crippen LogP contribution in [-0.4, -0.2) is 29.7 Å². The number of rotatable bonds is 6. The van der Waals surface area contributed by atoms with Crippen molar-refractivity contribution in [1.82, 2.24) is 4.98 Å². The summed E-state index contributed by atoms with van der Waals surface area (Å²) in [5.41, 5.74) is 8.29. The molecule has 0 fully saturated rings. The maximum Gasteiger partial charge on any atom is 0.306 e. The minimum absolute atomic E-state index is 0.140. The summed E-state index contributed by atoms with van der Waals surface area (Å²) in [7, 11) is 0. The van der Waals surface area contributed by atoms with Gasteiger partial charge in [-0.2, -0.15) is 0 Å². The van der Waals surface area contributed by atoms with Crippen molar-refractivity contribution in [2.75, 3.05) is 25.4 Å². The molecule has 0 aliphatic carbocycles. The molecule has 0 amide bonds. The minimum atomic E-state index is -0.241. The van der Waals surface area contributed by atoms with E-state index in [-0.39, 0.29) is 11.7 Å². The van der Waals surface area contributed by atoms with Gasteiger partial charge in [0.05, 0.1) is 25.3 Å². The number of fused-ring (bicyclic) bond motifs is 2. The van der Waals surface area contributed by atoms with Crippen molar-refractivity contribution < 1.29 is 23.7 Å². The van der Waals surface area contributed by atoms with Crippen LogP contribution in [0.25, 0.3) is 0 Å². The summed E-state index contributed by atoms with van der Waals surface area (Å²) >= 11 is 0. The van der Waals surface area contributed by atoms with Gasteiger partial charge in [-0.1, -0.05) is 11.1 Å². The molecule has 1 aliphatic rings. The number of likely N-dealkylation sites (N-methyl/N-ethyl adjacent to an activating group) is 1. The van der Waals surface area contributed by atoms with Gasteiger partial charge in [-0.3, -0.25) is 0 Å². The highest BCUT2D eigenvalue weighted by atomic mass is 16.5. The first-order valence-corrected chi connectivity index (χ1v) is 9.67. The average Bonchev–Trinajstić information content (AvgIpc) is 3.23. The lowest BCUT2D eigenvalue weighted by atomic mass is 9.87. The molecule has 2 aromatic heterocycles. The first-order valence-electron chi connectivity index (χ1n) is 9.67. The smallest absolute Gasteiger partial charge is 0.306 e. The van der Waals surface area contributed by atoms with Crippen molar-refractivity contribution in [2.45, 2.75) is 26.3 Å². The molecule has 7 nitrogen and oxygen atoms in total. The zero-order valence-electron chi connectivity index (χ0n) is 16.2. The molecule has 0 saturated carbocycles. The van der Waals surface area contributed by atoms with E-state index in [0.29, 0.717) is 17.4 Å². The SMILES string of the molecule is CC[NH+](CC)CC[n+]1cnc2c(c1N)[C@H](c1ccco1)c1ccc(O)cc1O2. The van der Waals surface area contributed by atoms with Crippen LogP contribution in [-0.2, 0) is 6.54 Å². The normalized spacial score (nSPS) is 15.2. The number of aromatic nitrogens is 2. The fourth-order valence-electron chi connectivity index (χ4n) is 3.79. The van der Waals surface area contributed by atoms with Crippen molar-refractivity contribution in [3.63, 3.8) is 0 Å². The van der Waals surface area contributed by atoms with Gasteiger partial charge in [0, 0.05) is 11.6 Å². The molecular weight excluding hydrogens is 356 g/mol. The highest BCUT2D eigenvalue weighted by Gasteiger charge is 2.37. The minimum Gasteiger partial charge on any atom is -0.508 e. The largest absolute Gasteiger partial charge is 0.508 e. The Morgan fingerprint density at radius 3 is 2.79 bits per heavy atom. The van der Waals surface area contributed by atoms with Crippen LogP contribution in [0.2, 0.25) is 0 Å². The third-order valence-corrected chi connectivity index (χ3v) is 5.47. The lowest BCUT2D eigenvalue weighted by Crippen LogP contribution is -3.12. The van der Waals surface area contributed by atoms with E-state index in [9.17, 15) is 5.11 Å². The van der Waals surface area contributed by atoms with Crippen molar-refractivity contribution in [2.24, 2.45) is 0 Å². The predicted octanol–water partition coefficient (Wildman–Crippen LogP) is 1.46. The van der Waals surface area contributed by atoms with Crippen LogP contribution < -0.4 is 19.9 Å². The van der Waals surface area contributed by atoms with Crippen LogP contribution in [0.15, 0.2) is 47.3 Å². The van der Waals surface area contributed by atoms with Gasteiger partial charge in [-0.15, -0.1) is 0 Å². The summed E-state index contributed by atoms with van der Waals surface area (Å²) in [5, 5.41) is 9.87. The average molecular weight is 382 g/mol. The van der Waals surface area contributed by atoms with Crippen LogP contribution in [0.5, 0.6) is 17.4 Å². The predicted molar refractivity (Wildman–Crippen MR) is 104 cm³/mol. The zero-order chi connectivity index (χ0) is 19.7. The molecule has 0 saturated heterocycles. The van der Waals surface area contributed by atoms with Gasteiger partial charge >= 0.3 is 5.88 Å². The Hall–Kier alpha value is -3.06. The number of phenolic OH excluding ortho intramolecular Hbond substituents is 1. The molecule has 1 aliphatic heterocycles. The van der Waals surface area contributed by atoms with Gasteiger partial charge in [0.1, 0.15) is 35.9 Å². The molecule has 4 N–H and O–H groups in total. The second kappa shape index (κ2) is 7.52. The van der Waals surface area contributed by atoms with Gasteiger partial charge in [0.15, 0.2) is 0 Å². The summed E-state index contributed by atoms with van der Waals surface area (Å²) in [6.45, 7) is 8.26. The molecule has 28 heavy (non-hydrogen) atoms. The summed E-state index contributed by atoms with van der Waals surface area (Å²) < 4.78 is 13.7. The fourth-order valence-corrected chi connectivity index (χ4v) is 3.79. The monoisotopic (exact) mass is 382 g/mol. The molecule has 7 heteroatoms. The Kier molecular flexibility index (Phi) is 4.92. The van der Waals surface area contributed by atoms with Crippen molar-refractivity contribution in [3.8, 4) is 17.4 Å². The number of hydrogen-bond donors (Lipinski definition) is 3. The zero-order valence-corrected chi connectivity index (χ0v) is 16.2. The number of ether oxygens (including phenoxy) is 1. The number of nitrogens with two attached hydrogens (primary N) is 1. The molecule has 4 rings (SSSR count). The van der Waals surface area contributed by atoms with E-state index < -0.39 is 0 Å². The number of nitrogen functional groups attached to an aromatic ring is 1. The number of nitrogens with zero attached hydrogens (tertiary/aromatic N) is 2. The van der Waals surface area contributed by atoms with Crippen molar-refractivity contribution in [1.29, 1.82) is 0 Å². The third kappa shape index (κ3) is 3.18. The summed E-state index contributed by atoms with van der Waals surface area (Å²) in [4.78, 5) is 6.03. The van der Waals surface area contributed by atoms with Gasteiger partial charge < -0.3 is 24.9 Å². The lowest BCUT2D eigenvalue weighted by molar-refractivity contribution is -0.915. The maximum atomic E-state index is 9.87. The topological polar surface area (TPSA) is 89.8 Å². The van der Waals surface area contributed by atoms with Crippen LogP contribution in [0.1, 0.15) is 36.7 Å². The summed E-state index contributed by atoms with van der Waals surface area (Å²) in [5.74, 6) is 2.29. The van der Waals surface area contributed by atoms with Crippen LogP contribution >= 0.6 is 0 Å². The summed E-state index contributed by atoms with van der Waals surface area (Å²) in [6, 6.07) is 8.87. The summed E-state index contributed by atoms with van der Waals surface area (Å²) in [6.07, 6.45) is 3.37. The number of hydrogen-bond acceptors (Lipinski definition) is 5. The quantitative estimate of drug-likeness (QED) is 0.439. The number of quaternary nitrogens is 1. The number of aromatic hydroxyl groups is 1. The van der Waals surface area contributed by atoms with Gasteiger partial charge in [0.25, 0.3) is 0 Å². The molecular formula is C21H26N4O3+2. The van der Waals surface area contributed by atoms with E-state index in [4.69, 9.17) is 14.9 Å². The highest BCUT2D eigenvalue weighted by molar-refractivity contribution is 5.60. The molecule has 3 aromatic rings. The molecule has 0 bridgehead atoms. The van der Waals surface area contributed by atoms with E-state index in [1.165, 1.54) is 4.90 Å². The molecule has 0 spiro atoms. The number of phenols is 1. The highest BCUT2D eigenvalue weighted by Crippen LogP contribution is 2.48.